The van der Waals surface area contributed by atoms with Crippen molar-refractivity contribution in [1.29, 1.82) is 0 Å². The number of imide groups is 1. The quantitative estimate of drug-likeness (QED) is 0.624. The summed E-state index contributed by atoms with van der Waals surface area (Å²) in [5, 5.41) is -0.462. The van der Waals surface area contributed by atoms with Gasteiger partial charge >= 0.3 is 0 Å². The average Bonchev–Trinajstić information content (AvgIpc) is 3.38. The van der Waals surface area contributed by atoms with Crippen molar-refractivity contribution in [3.8, 4) is 17.2 Å². The van der Waals surface area contributed by atoms with Crippen LogP contribution in [0, 0.1) is 0 Å². The lowest BCUT2D eigenvalue weighted by Crippen LogP contribution is -2.44. The van der Waals surface area contributed by atoms with E-state index in [1.165, 1.54) is 5.56 Å². The maximum atomic E-state index is 13.0. The Bertz CT molecular complexity index is 1180. The molecular weight excluding hydrogens is 444 g/mol. The molecule has 33 heavy (non-hydrogen) atoms. The van der Waals surface area contributed by atoms with Crippen LogP contribution in [0.3, 0.4) is 0 Å². The van der Waals surface area contributed by atoms with Gasteiger partial charge in [0.15, 0.2) is 11.5 Å². The molecule has 0 N–H and O–H groups in total. The Kier molecular flexibility index (Phi) is 5.72. The van der Waals surface area contributed by atoms with E-state index >= 15 is 0 Å². The van der Waals surface area contributed by atoms with Gasteiger partial charge < -0.3 is 19.1 Å². The molecule has 9 heteroatoms. The van der Waals surface area contributed by atoms with Gasteiger partial charge in [-0.1, -0.05) is 24.3 Å². The molecular formula is C24H22N2O6S. The smallest absolute Gasteiger partial charge is 0.294 e. The van der Waals surface area contributed by atoms with Crippen LogP contribution < -0.4 is 14.2 Å². The summed E-state index contributed by atoms with van der Waals surface area (Å²) in [6, 6.07) is 11.4. The molecule has 2 aromatic rings. The Morgan fingerprint density at radius 1 is 1.15 bits per heavy atom. The monoisotopic (exact) mass is 466 g/mol. The summed E-state index contributed by atoms with van der Waals surface area (Å²) in [6.07, 6.45) is 2.35. The molecule has 3 aliphatic rings. The number of carbonyl (C=O) groups is 3. The first-order valence-electron chi connectivity index (χ1n) is 10.7. The largest absolute Gasteiger partial charge is 0.493 e. The van der Waals surface area contributed by atoms with Crippen molar-refractivity contribution in [3.63, 3.8) is 0 Å². The molecule has 8 nitrogen and oxygen atoms in total. The summed E-state index contributed by atoms with van der Waals surface area (Å²) >= 11 is 0.814. The predicted molar refractivity (Wildman–Crippen MR) is 122 cm³/mol. The van der Waals surface area contributed by atoms with Crippen molar-refractivity contribution in [2.24, 2.45) is 0 Å². The van der Waals surface area contributed by atoms with E-state index in [0.29, 0.717) is 42.5 Å². The fourth-order valence-corrected chi connectivity index (χ4v) is 4.88. The number of thioether (sulfide) groups is 1. The van der Waals surface area contributed by atoms with Crippen LogP contribution in [0.25, 0.3) is 6.08 Å². The lowest BCUT2D eigenvalue weighted by atomic mass is 10.00. The van der Waals surface area contributed by atoms with Crippen LogP contribution in [-0.4, -0.2) is 53.3 Å². The van der Waals surface area contributed by atoms with E-state index in [1.807, 2.05) is 25.1 Å². The Balaban J connectivity index is 1.33. The first-order chi connectivity index (χ1) is 16.0. The van der Waals surface area contributed by atoms with E-state index in [4.69, 9.17) is 14.2 Å². The highest BCUT2D eigenvalue weighted by Crippen LogP contribution is 2.41. The standard InChI is InChI=1S/C24H22N2O6S/c1-2-30-18-11-20-19(31-14-32-20)9-17(18)10-21-23(28)26(24(29)33-21)13-22(27)25-8-7-15-5-3-4-6-16(15)12-25/h3-6,9-11H,2,7-8,12-14H2,1H3/b21-10-. The van der Waals surface area contributed by atoms with Gasteiger partial charge in [-0.15, -0.1) is 0 Å². The number of ether oxygens (including phenoxy) is 3. The molecule has 1 fully saturated rings. The molecule has 2 aromatic carbocycles. The summed E-state index contributed by atoms with van der Waals surface area (Å²) in [7, 11) is 0. The SMILES string of the molecule is CCOc1cc2c(cc1/C=C1\SC(=O)N(CC(=O)N3CCc4ccccc4C3)C1=O)OCO2. The molecule has 3 aliphatic heterocycles. The van der Waals surface area contributed by atoms with E-state index in [0.717, 1.165) is 28.6 Å². The van der Waals surface area contributed by atoms with Crippen molar-refractivity contribution in [2.45, 2.75) is 19.9 Å². The van der Waals surface area contributed by atoms with Gasteiger partial charge in [0.1, 0.15) is 12.3 Å². The molecule has 0 aromatic heterocycles. The van der Waals surface area contributed by atoms with Crippen LogP contribution in [0.1, 0.15) is 23.6 Å². The summed E-state index contributed by atoms with van der Waals surface area (Å²) in [5.74, 6) is 0.903. The number of nitrogens with zero attached hydrogens (tertiary/aromatic N) is 2. The average molecular weight is 467 g/mol. The van der Waals surface area contributed by atoms with Gasteiger partial charge in [-0.3, -0.25) is 19.3 Å². The fraction of sp³-hybridized carbons (Fsp3) is 0.292. The van der Waals surface area contributed by atoms with Gasteiger partial charge in [-0.2, -0.15) is 0 Å². The molecule has 0 bridgehead atoms. The molecule has 170 valence electrons. The molecule has 0 unspecified atom stereocenters. The molecule has 3 amide bonds. The molecule has 1 saturated heterocycles. The number of rotatable bonds is 5. The second-order valence-corrected chi connectivity index (χ2v) is 8.77. The van der Waals surface area contributed by atoms with Crippen molar-refractivity contribution in [3.05, 3.63) is 58.0 Å². The number of amides is 3. The van der Waals surface area contributed by atoms with Gasteiger partial charge in [0, 0.05) is 24.7 Å². The third-order valence-corrected chi connectivity index (χ3v) is 6.65. The fourth-order valence-electron chi connectivity index (χ4n) is 4.05. The van der Waals surface area contributed by atoms with E-state index in [-0.39, 0.29) is 24.2 Å². The molecule has 5 rings (SSSR count). The summed E-state index contributed by atoms with van der Waals surface area (Å²) in [5.41, 5.74) is 2.92. The Morgan fingerprint density at radius 3 is 2.70 bits per heavy atom. The van der Waals surface area contributed by atoms with Gasteiger partial charge in [-0.25, -0.2) is 0 Å². The third-order valence-electron chi connectivity index (χ3n) is 5.74. The van der Waals surface area contributed by atoms with Gasteiger partial charge in [0.05, 0.1) is 11.5 Å². The topological polar surface area (TPSA) is 85.4 Å². The van der Waals surface area contributed by atoms with Crippen LogP contribution in [0.4, 0.5) is 4.79 Å². The number of hydrogen-bond acceptors (Lipinski definition) is 7. The van der Waals surface area contributed by atoms with Crippen LogP contribution in [0.15, 0.2) is 41.3 Å². The van der Waals surface area contributed by atoms with E-state index in [2.05, 4.69) is 6.07 Å². The highest BCUT2D eigenvalue weighted by molar-refractivity contribution is 8.18. The molecule has 3 heterocycles. The van der Waals surface area contributed by atoms with Crippen LogP contribution in [0.2, 0.25) is 0 Å². The summed E-state index contributed by atoms with van der Waals surface area (Å²) < 4.78 is 16.5. The Hall–Kier alpha value is -3.46. The van der Waals surface area contributed by atoms with Gasteiger partial charge in [-0.05, 0) is 48.4 Å². The lowest BCUT2D eigenvalue weighted by Gasteiger charge is -2.29. The maximum Gasteiger partial charge on any atom is 0.294 e. The lowest BCUT2D eigenvalue weighted by molar-refractivity contribution is -0.136. The number of carbonyl (C=O) groups excluding carboxylic acids is 3. The molecule has 0 spiro atoms. The summed E-state index contributed by atoms with van der Waals surface area (Å²) in [6.45, 7) is 3.17. The van der Waals surface area contributed by atoms with E-state index < -0.39 is 11.1 Å². The zero-order valence-electron chi connectivity index (χ0n) is 18.0. The van der Waals surface area contributed by atoms with Crippen molar-refractivity contribution in [1.82, 2.24) is 9.80 Å². The van der Waals surface area contributed by atoms with Crippen LogP contribution in [0.5, 0.6) is 17.2 Å². The highest BCUT2D eigenvalue weighted by Gasteiger charge is 2.37. The normalized spacial score (nSPS) is 18.2. The first-order valence-corrected chi connectivity index (χ1v) is 11.5. The van der Waals surface area contributed by atoms with Gasteiger partial charge in [0.2, 0.25) is 12.7 Å². The maximum absolute atomic E-state index is 13.0. The molecule has 0 radical (unpaired) electrons. The minimum Gasteiger partial charge on any atom is -0.493 e. The number of benzene rings is 2. The summed E-state index contributed by atoms with van der Waals surface area (Å²) in [4.78, 5) is 41.4. The van der Waals surface area contributed by atoms with E-state index in [9.17, 15) is 14.4 Å². The van der Waals surface area contributed by atoms with Crippen molar-refractivity contribution >= 4 is 34.9 Å². The number of fused-ring (bicyclic) bond motifs is 2. The van der Waals surface area contributed by atoms with Gasteiger partial charge in [0.25, 0.3) is 11.1 Å². The molecule has 0 saturated carbocycles. The highest BCUT2D eigenvalue weighted by atomic mass is 32.2. The molecule has 0 atom stereocenters. The Labute approximate surface area is 195 Å². The zero-order valence-corrected chi connectivity index (χ0v) is 18.9. The second kappa shape index (κ2) is 8.82. The zero-order chi connectivity index (χ0) is 22.9. The second-order valence-electron chi connectivity index (χ2n) is 7.78. The van der Waals surface area contributed by atoms with Crippen molar-refractivity contribution < 1.29 is 28.6 Å². The van der Waals surface area contributed by atoms with E-state index in [1.54, 1.807) is 23.1 Å². The number of hydrogen-bond donors (Lipinski definition) is 0. The Morgan fingerprint density at radius 2 is 1.91 bits per heavy atom. The first kappa shape index (κ1) is 21.4. The minimum absolute atomic E-state index is 0.115. The van der Waals surface area contributed by atoms with Crippen LogP contribution in [-0.2, 0) is 22.6 Å². The van der Waals surface area contributed by atoms with Crippen LogP contribution >= 0.6 is 11.8 Å². The predicted octanol–water partition coefficient (Wildman–Crippen LogP) is 3.44. The minimum atomic E-state index is -0.490. The van der Waals surface area contributed by atoms with Crippen molar-refractivity contribution in [2.75, 3.05) is 26.5 Å². The molecule has 0 aliphatic carbocycles. The third kappa shape index (κ3) is 4.16.